The van der Waals surface area contributed by atoms with E-state index in [1.807, 2.05) is 24.3 Å². The first-order valence-corrected chi connectivity index (χ1v) is 19.3. The molecule has 0 bridgehead atoms. The lowest BCUT2D eigenvalue weighted by molar-refractivity contribution is 0.0391. The Kier molecular flexibility index (Phi) is 8.05. The van der Waals surface area contributed by atoms with Crippen LogP contribution in [0.1, 0.15) is 114 Å². The molecule has 0 unspecified atom stereocenters. The smallest absolute Gasteiger partial charge is 0.346 e. The Hall–Kier alpha value is -5.22. The fraction of sp³-hybridized carbons (Fsp3) is 0.320. The molecule has 0 spiro atoms. The van der Waals surface area contributed by atoms with Crippen LogP contribution >= 0.6 is 0 Å². The minimum absolute atomic E-state index is 0.0259. The van der Waals surface area contributed by atoms with Gasteiger partial charge in [-0.2, -0.15) is 0 Å². The molecule has 0 saturated carbocycles. The number of cyclic esters (lactones) is 2. The molecule has 7 aromatic rings. The highest BCUT2D eigenvalue weighted by Crippen LogP contribution is 2.48. The van der Waals surface area contributed by atoms with Crippen molar-refractivity contribution in [3.05, 3.63) is 125 Å². The molecule has 0 fully saturated rings. The second-order valence-electron chi connectivity index (χ2n) is 19.3. The highest BCUT2D eigenvalue weighted by Gasteiger charge is 2.32. The maximum Gasteiger partial charge on any atom is 0.346 e. The lowest BCUT2D eigenvalue weighted by atomic mass is 9.72. The van der Waals surface area contributed by atoms with Crippen molar-refractivity contribution in [2.75, 3.05) is 4.90 Å². The van der Waals surface area contributed by atoms with Crippen molar-refractivity contribution in [2.24, 2.45) is 10.8 Å². The molecule has 0 radical (unpaired) electrons. The Bertz CT molecular complexity index is 2470. The van der Waals surface area contributed by atoms with Gasteiger partial charge in [-0.15, -0.1) is 0 Å². The predicted molar refractivity (Wildman–Crippen MR) is 226 cm³/mol. The van der Waals surface area contributed by atoms with Crippen LogP contribution in [0.25, 0.3) is 43.1 Å². The van der Waals surface area contributed by atoms with E-state index in [0.717, 1.165) is 67.6 Å². The quantitative estimate of drug-likeness (QED) is 0.0714. The van der Waals surface area contributed by atoms with Crippen molar-refractivity contribution in [2.45, 2.75) is 92.9 Å². The van der Waals surface area contributed by atoms with Crippen LogP contribution in [-0.2, 0) is 15.6 Å². The first kappa shape index (κ1) is 35.8. The lowest BCUT2D eigenvalue weighted by Gasteiger charge is -2.34. The molecular formula is C50H51NO3. The number of anilines is 3. The first-order chi connectivity index (χ1) is 25.3. The van der Waals surface area contributed by atoms with Crippen LogP contribution in [0.5, 0.6) is 0 Å². The zero-order chi connectivity index (χ0) is 38.5. The number of carbonyl (C=O) groups excluding carboxylic acids is 2. The van der Waals surface area contributed by atoms with Gasteiger partial charge in [-0.05, 0) is 120 Å². The third-order valence-corrected chi connectivity index (χ3v) is 11.4. The summed E-state index contributed by atoms with van der Waals surface area (Å²) in [6.45, 7) is 23.3. The fourth-order valence-corrected chi connectivity index (χ4v) is 9.92. The molecule has 1 aliphatic heterocycles. The van der Waals surface area contributed by atoms with Gasteiger partial charge < -0.3 is 9.64 Å². The summed E-state index contributed by atoms with van der Waals surface area (Å²) in [5, 5.41) is 8.12. The van der Waals surface area contributed by atoms with Crippen LogP contribution in [0.15, 0.2) is 103 Å². The Morgan fingerprint density at radius 1 is 0.444 bits per heavy atom. The second-order valence-corrected chi connectivity index (χ2v) is 19.3. The van der Waals surface area contributed by atoms with E-state index in [0.29, 0.717) is 16.5 Å². The first-order valence-electron chi connectivity index (χ1n) is 19.3. The molecule has 7 aromatic carbocycles. The van der Waals surface area contributed by atoms with Crippen molar-refractivity contribution >= 4 is 72.1 Å². The van der Waals surface area contributed by atoms with Crippen LogP contribution in [0.3, 0.4) is 0 Å². The van der Waals surface area contributed by atoms with E-state index in [9.17, 15) is 9.59 Å². The number of benzene rings is 7. The number of hydrogen-bond donors (Lipinski definition) is 0. The molecule has 54 heavy (non-hydrogen) atoms. The van der Waals surface area contributed by atoms with E-state index in [4.69, 9.17) is 4.74 Å². The molecule has 1 aliphatic rings. The van der Waals surface area contributed by atoms with Gasteiger partial charge >= 0.3 is 11.9 Å². The standard InChI is InChI=1S/C50H51NO3/c1-47(2,3)28-49(7,8)30-14-18-32(19-15-30)51(33-20-16-31(17-21-33)50(9,10)29-48(4,5)6)41-27-26-35-37-23-25-40-44-39(45(52)54-46(40)53)24-22-36(43(37)44)34-12-11-13-38(41)42(34)35/h11-27H,28-29H2,1-10H3. The molecule has 0 aliphatic carbocycles. The molecule has 8 rings (SSSR count). The van der Waals surface area contributed by atoms with Gasteiger partial charge in [0, 0.05) is 22.1 Å². The third kappa shape index (κ3) is 6.00. The van der Waals surface area contributed by atoms with Gasteiger partial charge in [-0.1, -0.05) is 130 Å². The molecular weight excluding hydrogens is 663 g/mol. The average molecular weight is 714 g/mol. The molecule has 0 N–H and O–H groups in total. The van der Waals surface area contributed by atoms with Crippen molar-refractivity contribution in [1.82, 2.24) is 0 Å². The Balaban J connectivity index is 1.34. The maximum absolute atomic E-state index is 12.9. The van der Waals surface area contributed by atoms with E-state index in [2.05, 4.69) is 153 Å². The summed E-state index contributed by atoms with van der Waals surface area (Å²) in [4.78, 5) is 28.1. The van der Waals surface area contributed by atoms with E-state index in [1.165, 1.54) is 11.1 Å². The van der Waals surface area contributed by atoms with Crippen LogP contribution < -0.4 is 4.90 Å². The van der Waals surface area contributed by atoms with E-state index in [1.54, 1.807) is 0 Å². The van der Waals surface area contributed by atoms with Crippen LogP contribution in [0.4, 0.5) is 17.1 Å². The summed E-state index contributed by atoms with van der Waals surface area (Å²) >= 11 is 0. The van der Waals surface area contributed by atoms with Crippen molar-refractivity contribution in [1.29, 1.82) is 0 Å². The topological polar surface area (TPSA) is 46.6 Å². The number of hydrogen-bond acceptors (Lipinski definition) is 4. The SMILES string of the molecule is CC(C)(C)CC(C)(C)c1ccc(N(c2ccc(C(C)(C)CC(C)(C)C)cc2)c2ccc3c4ccc5c6c(ccc(c7cccc2c73)c64)C(=O)OC5=O)cc1. The monoisotopic (exact) mass is 713 g/mol. The molecule has 0 atom stereocenters. The Morgan fingerprint density at radius 3 is 1.31 bits per heavy atom. The minimum atomic E-state index is -0.591. The van der Waals surface area contributed by atoms with Crippen molar-refractivity contribution in [3.63, 3.8) is 0 Å². The number of rotatable bonds is 7. The maximum atomic E-state index is 12.9. The molecule has 4 nitrogen and oxygen atoms in total. The molecule has 1 heterocycles. The predicted octanol–water partition coefficient (Wildman–Crippen LogP) is 13.9. The van der Waals surface area contributed by atoms with E-state index < -0.39 is 11.9 Å². The summed E-state index contributed by atoms with van der Waals surface area (Å²) in [5.41, 5.74) is 7.29. The summed E-state index contributed by atoms with van der Waals surface area (Å²) in [5.74, 6) is -1.18. The molecule has 0 aromatic heterocycles. The number of carbonyl (C=O) groups is 2. The normalized spacial score (nSPS) is 14.1. The third-order valence-electron chi connectivity index (χ3n) is 11.4. The highest BCUT2D eigenvalue weighted by atomic mass is 16.6. The zero-order valence-electron chi connectivity index (χ0n) is 33.4. The van der Waals surface area contributed by atoms with Gasteiger partial charge in [-0.25, -0.2) is 9.59 Å². The lowest BCUT2D eigenvalue weighted by Crippen LogP contribution is -2.25. The number of fused-ring (bicyclic) bond motifs is 2. The van der Waals surface area contributed by atoms with E-state index >= 15 is 0 Å². The van der Waals surface area contributed by atoms with Crippen LogP contribution in [0.2, 0.25) is 0 Å². The molecule has 274 valence electrons. The van der Waals surface area contributed by atoms with Crippen molar-refractivity contribution in [3.8, 4) is 0 Å². The summed E-state index contributed by atoms with van der Waals surface area (Å²) in [6, 6.07) is 36.9. The summed E-state index contributed by atoms with van der Waals surface area (Å²) in [6.07, 6.45) is 2.16. The highest BCUT2D eigenvalue weighted by molar-refractivity contribution is 6.38. The second kappa shape index (κ2) is 12.1. The van der Waals surface area contributed by atoms with Gasteiger partial charge in [-0.3, -0.25) is 0 Å². The summed E-state index contributed by atoms with van der Waals surface area (Å²) in [7, 11) is 0. The van der Waals surface area contributed by atoms with Crippen molar-refractivity contribution < 1.29 is 14.3 Å². The molecule has 0 saturated heterocycles. The van der Waals surface area contributed by atoms with Gasteiger partial charge in [0.1, 0.15) is 0 Å². The Morgan fingerprint density at radius 2 is 0.852 bits per heavy atom. The minimum Gasteiger partial charge on any atom is -0.386 e. The van der Waals surface area contributed by atoms with Crippen LogP contribution in [0, 0.1) is 10.8 Å². The number of esters is 2. The van der Waals surface area contributed by atoms with Gasteiger partial charge in [0.25, 0.3) is 0 Å². The van der Waals surface area contributed by atoms with Gasteiger partial charge in [0.05, 0.1) is 16.8 Å². The summed E-state index contributed by atoms with van der Waals surface area (Å²) < 4.78 is 5.10. The van der Waals surface area contributed by atoms with E-state index in [-0.39, 0.29) is 21.7 Å². The largest absolute Gasteiger partial charge is 0.386 e. The van der Waals surface area contributed by atoms with Gasteiger partial charge in [0.2, 0.25) is 0 Å². The van der Waals surface area contributed by atoms with Gasteiger partial charge in [0.15, 0.2) is 0 Å². The Labute approximate surface area is 319 Å². The average Bonchev–Trinajstić information content (AvgIpc) is 3.08. The van der Waals surface area contributed by atoms with Crippen LogP contribution in [-0.4, -0.2) is 11.9 Å². The zero-order valence-corrected chi connectivity index (χ0v) is 33.4. The fourth-order valence-electron chi connectivity index (χ4n) is 9.92. The number of ether oxygens (including phenoxy) is 1. The number of nitrogens with zero attached hydrogens (tertiary/aromatic N) is 1. The molecule has 4 heteroatoms. The molecule has 0 amide bonds.